The molecule has 12 aromatic carbocycles. The maximum absolute atomic E-state index is 6.00. The molecule has 0 spiro atoms. The summed E-state index contributed by atoms with van der Waals surface area (Å²) in [5.41, 5.74) is 25.4. The fourth-order valence-corrected chi connectivity index (χ4v) is 14.4. The molecule has 0 N–H and O–H groups in total. The van der Waals surface area contributed by atoms with Gasteiger partial charge in [-0.15, -0.1) is 0 Å². The number of para-hydroxylation sites is 8. The molecule has 0 saturated heterocycles. The van der Waals surface area contributed by atoms with E-state index >= 15 is 0 Å². The lowest BCUT2D eigenvalue weighted by Crippen LogP contribution is -2.65. The molecule has 0 saturated carbocycles. The van der Waals surface area contributed by atoms with Gasteiger partial charge in [0.1, 0.15) is 11.6 Å². The molecule has 5 heterocycles. The number of nitrogens with zero attached hydrogens (tertiary/aromatic N) is 7. The van der Waals surface area contributed by atoms with Crippen molar-refractivity contribution in [1.29, 1.82) is 0 Å². The van der Waals surface area contributed by atoms with Crippen molar-refractivity contribution >= 4 is 137 Å². The number of pyridine rings is 1. The third-order valence-electron chi connectivity index (χ3n) is 18.0. The third-order valence-corrected chi connectivity index (χ3v) is 18.0. The molecule has 17 rings (SSSR count). The first kappa shape index (κ1) is 51.2. The average Bonchev–Trinajstić information content (AvgIpc) is 0.725. The van der Waals surface area contributed by atoms with Crippen molar-refractivity contribution in [2.75, 3.05) is 29.4 Å². The van der Waals surface area contributed by atoms with E-state index in [1.807, 2.05) is 0 Å². The highest BCUT2D eigenvalue weighted by Gasteiger charge is 2.49. The largest absolute Gasteiger partial charge is 0.338 e. The van der Waals surface area contributed by atoms with Crippen LogP contribution in [0.1, 0.15) is 11.1 Å². The molecule has 0 aliphatic carbocycles. The van der Waals surface area contributed by atoms with Gasteiger partial charge < -0.3 is 19.6 Å². The van der Waals surface area contributed by atoms with Gasteiger partial charge in [-0.05, 0) is 147 Å². The molecule has 88 heavy (non-hydrogen) atoms. The first-order valence-electron chi connectivity index (χ1n) is 30.4. The first-order chi connectivity index (χ1) is 43.7. The lowest BCUT2D eigenvalue weighted by Gasteiger charge is -2.47. The molecule has 0 atom stereocenters. The molecular formula is C79H57B2N7. The van der Waals surface area contributed by atoms with E-state index in [0.717, 1.165) is 68.5 Å². The van der Waals surface area contributed by atoms with Crippen molar-refractivity contribution in [1.82, 2.24) is 4.98 Å². The summed E-state index contributed by atoms with van der Waals surface area (Å²) in [7, 11) is 0. The van der Waals surface area contributed by atoms with Crippen LogP contribution >= 0.6 is 0 Å². The summed E-state index contributed by atoms with van der Waals surface area (Å²) in [6.45, 7) is 0.920. The van der Waals surface area contributed by atoms with Crippen molar-refractivity contribution in [3.05, 3.63) is 333 Å². The van der Waals surface area contributed by atoms with E-state index in [0.29, 0.717) is 13.1 Å². The topological polar surface area (TPSA) is 32.3 Å². The van der Waals surface area contributed by atoms with Gasteiger partial charge in [0.05, 0.1) is 5.69 Å². The quantitative estimate of drug-likeness (QED) is 0.113. The summed E-state index contributed by atoms with van der Waals surface area (Å²) in [6, 6.07) is 118. The Kier molecular flexibility index (Phi) is 12.4. The van der Waals surface area contributed by atoms with Gasteiger partial charge in [0.15, 0.2) is 0 Å². The zero-order chi connectivity index (χ0) is 58.1. The monoisotopic (exact) mass is 1130 g/mol. The Morgan fingerprint density at radius 2 is 0.648 bits per heavy atom. The Labute approximate surface area is 514 Å². The average molecular weight is 1130 g/mol. The lowest BCUT2D eigenvalue weighted by molar-refractivity contribution is 0.960. The smallest absolute Gasteiger partial charge is 0.254 e. The van der Waals surface area contributed by atoms with E-state index in [-0.39, 0.29) is 13.4 Å². The highest BCUT2D eigenvalue weighted by molar-refractivity contribution is 7.03. The second kappa shape index (κ2) is 21.3. The van der Waals surface area contributed by atoms with Crippen LogP contribution in [-0.4, -0.2) is 18.4 Å². The van der Waals surface area contributed by atoms with Crippen molar-refractivity contribution in [2.24, 2.45) is 0 Å². The molecule has 7 nitrogen and oxygen atoms in total. The Morgan fingerprint density at radius 3 is 1.14 bits per heavy atom. The van der Waals surface area contributed by atoms with E-state index in [9.17, 15) is 0 Å². The molecule has 13 aromatic rings. The summed E-state index contributed by atoms with van der Waals surface area (Å²) >= 11 is 0. The van der Waals surface area contributed by atoms with Crippen LogP contribution in [0, 0.1) is 0 Å². The fourth-order valence-electron chi connectivity index (χ4n) is 14.4. The van der Waals surface area contributed by atoms with Gasteiger partial charge in [0.2, 0.25) is 0 Å². The number of hydrogen-bond donors (Lipinski definition) is 0. The second-order valence-corrected chi connectivity index (χ2v) is 23.1. The van der Waals surface area contributed by atoms with Crippen LogP contribution in [0.2, 0.25) is 0 Å². The molecular weight excluding hydrogens is 1070 g/mol. The number of rotatable bonds is 12. The van der Waals surface area contributed by atoms with E-state index in [1.54, 1.807) is 0 Å². The van der Waals surface area contributed by atoms with Crippen molar-refractivity contribution < 1.29 is 0 Å². The van der Waals surface area contributed by atoms with Crippen LogP contribution in [0.3, 0.4) is 0 Å². The predicted octanol–water partition coefficient (Wildman–Crippen LogP) is 15.9. The van der Waals surface area contributed by atoms with Gasteiger partial charge in [0, 0.05) is 93.1 Å². The predicted molar refractivity (Wildman–Crippen MR) is 370 cm³/mol. The van der Waals surface area contributed by atoms with E-state index in [4.69, 9.17) is 4.98 Å². The van der Waals surface area contributed by atoms with Gasteiger partial charge in [-0.1, -0.05) is 212 Å². The van der Waals surface area contributed by atoms with Gasteiger partial charge >= 0.3 is 0 Å². The maximum atomic E-state index is 6.00. The lowest BCUT2D eigenvalue weighted by atomic mass is 9.30. The van der Waals surface area contributed by atoms with Crippen LogP contribution in [0.15, 0.2) is 322 Å². The van der Waals surface area contributed by atoms with Gasteiger partial charge in [-0.25, -0.2) is 4.98 Å². The zero-order valence-corrected chi connectivity index (χ0v) is 48.3. The summed E-state index contributed by atoms with van der Waals surface area (Å²) in [6.07, 6.45) is 0. The molecule has 0 unspecified atom stereocenters. The number of benzene rings is 12. The van der Waals surface area contributed by atoms with Crippen molar-refractivity contribution in [3.63, 3.8) is 0 Å². The van der Waals surface area contributed by atoms with Gasteiger partial charge in [-0.2, -0.15) is 0 Å². The van der Waals surface area contributed by atoms with Crippen LogP contribution in [0.25, 0.3) is 0 Å². The molecule has 1 aromatic heterocycles. The van der Waals surface area contributed by atoms with E-state index in [1.165, 1.54) is 66.7 Å². The highest BCUT2D eigenvalue weighted by Crippen LogP contribution is 2.50. The molecule has 414 valence electrons. The number of anilines is 16. The number of aromatic nitrogens is 1. The third kappa shape index (κ3) is 8.49. The standard InChI is InChI=1S/C79H57B2N7/c1-9-29-56(30-10-1)54-83-71-52-72-68(51-67(71)80-65-45-25-27-47-69(65)87(62-41-21-7-22-42-62)75-50-64(49-73(83)77(75)80)85(58-33-13-3-14-34-58)59-35-15-4-16-36-59)81-66-46-26-28-48-70(66)88(63-43-23-8-24-44-63)79-78(81)74(84(72)55-57-31-11-2-12-32-57)53-76(82-79)86(60-37-17-5-18-38-60)61-39-19-6-20-40-61/h1-53H,54-55H2. The Morgan fingerprint density at radius 1 is 0.273 bits per heavy atom. The minimum absolute atomic E-state index is 0.140. The fraction of sp³-hybridized carbons (Fsp3) is 0.0253. The molecule has 0 radical (unpaired) electrons. The van der Waals surface area contributed by atoms with Crippen LogP contribution in [0.4, 0.5) is 91.3 Å². The Bertz CT molecular complexity index is 4340. The molecule has 9 heteroatoms. The van der Waals surface area contributed by atoms with Gasteiger partial charge in [-0.3, -0.25) is 9.80 Å². The van der Waals surface area contributed by atoms with Gasteiger partial charge in [0.25, 0.3) is 13.4 Å². The highest BCUT2D eigenvalue weighted by atomic mass is 15.3. The van der Waals surface area contributed by atoms with Crippen LogP contribution in [-0.2, 0) is 13.1 Å². The minimum atomic E-state index is -0.187. The van der Waals surface area contributed by atoms with E-state index in [2.05, 4.69) is 351 Å². The number of hydrogen-bond acceptors (Lipinski definition) is 7. The summed E-state index contributed by atoms with van der Waals surface area (Å²) in [4.78, 5) is 20.9. The molecule has 0 fully saturated rings. The molecule has 4 aliphatic heterocycles. The molecule has 0 bridgehead atoms. The summed E-state index contributed by atoms with van der Waals surface area (Å²) in [5, 5.41) is 0. The summed E-state index contributed by atoms with van der Waals surface area (Å²) in [5.74, 6) is 1.74. The minimum Gasteiger partial charge on any atom is -0.338 e. The SMILES string of the molecule is c1ccc(CN2c3cc4c(cc3B3c5ccccc5N(c5ccccc5)c5cc(N(c6ccccc6)c6ccccc6)cc2c53)B2c3ccccc3N(c3ccccc3)c3nc(N(c5ccccc5)c5ccccc5)cc(c32)N4Cc2ccccc2)cc1. The van der Waals surface area contributed by atoms with Crippen LogP contribution in [0.5, 0.6) is 0 Å². The maximum Gasteiger partial charge on any atom is 0.254 e. The van der Waals surface area contributed by atoms with Crippen molar-refractivity contribution in [2.45, 2.75) is 13.1 Å². The first-order valence-corrected chi connectivity index (χ1v) is 30.4. The second-order valence-electron chi connectivity index (χ2n) is 23.1. The number of fused-ring (bicyclic) bond motifs is 8. The van der Waals surface area contributed by atoms with Crippen LogP contribution < -0.4 is 62.2 Å². The van der Waals surface area contributed by atoms with E-state index < -0.39 is 0 Å². The van der Waals surface area contributed by atoms with Crippen molar-refractivity contribution in [3.8, 4) is 0 Å². The Balaban J connectivity index is 0.983. The zero-order valence-electron chi connectivity index (χ0n) is 48.3. The molecule has 4 aliphatic rings. The normalized spacial score (nSPS) is 13.0. The summed E-state index contributed by atoms with van der Waals surface area (Å²) < 4.78 is 0. The Hall–Kier alpha value is -11.3. The molecule has 0 amide bonds.